The Morgan fingerprint density at radius 2 is 2.20 bits per heavy atom. The van der Waals surface area contributed by atoms with Gasteiger partial charge in [-0.2, -0.15) is 8.78 Å². The van der Waals surface area contributed by atoms with Gasteiger partial charge in [0.2, 0.25) is 0 Å². The molecular weight excluding hydrogens is 328 g/mol. The molecule has 0 spiro atoms. The molecule has 1 aromatic heterocycles. The molecular formula is C17H23F2N5O. The molecule has 6 nitrogen and oxygen atoms in total. The van der Waals surface area contributed by atoms with Crippen molar-refractivity contribution in [3.05, 3.63) is 48.0 Å². The third kappa shape index (κ3) is 6.40. The average molecular weight is 351 g/mol. The number of aliphatic imine (C=N–C) groups is 1. The Balaban J connectivity index is 2.00. The number of guanidine groups is 1. The summed E-state index contributed by atoms with van der Waals surface area (Å²) in [5.74, 6) is 0.769. The van der Waals surface area contributed by atoms with Crippen molar-refractivity contribution in [1.29, 1.82) is 0 Å². The number of aryl methyl sites for hydroxylation is 1. The average Bonchev–Trinajstić information content (AvgIpc) is 3.08. The van der Waals surface area contributed by atoms with Crippen molar-refractivity contribution in [3.63, 3.8) is 0 Å². The van der Waals surface area contributed by atoms with Gasteiger partial charge in [-0.1, -0.05) is 17.7 Å². The van der Waals surface area contributed by atoms with Gasteiger partial charge in [0.05, 0.1) is 12.9 Å². The van der Waals surface area contributed by atoms with Crippen molar-refractivity contribution >= 4 is 5.96 Å². The molecule has 0 radical (unpaired) electrons. The van der Waals surface area contributed by atoms with Crippen molar-refractivity contribution in [2.24, 2.45) is 4.99 Å². The molecule has 1 heterocycles. The van der Waals surface area contributed by atoms with Gasteiger partial charge >= 0.3 is 6.61 Å². The minimum Gasteiger partial charge on any atom is -0.434 e. The zero-order valence-electron chi connectivity index (χ0n) is 14.4. The first kappa shape index (κ1) is 18.7. The predicted molar refractivity (Wildman–Crippen MR) is 92.9 cm³/mol. The minimum absolute atomic E-state index is 0.151. The van der Waals surface area contributed by atoms with E-state index in [1.807, 2.05) is 24.6 Å². The third-order valence-electron chi connectivity index (χ3n) is 3.41. The summed E-state index contributed by atoms with van der Waals surface area (Å²) in [4.78, 5) is 8.44. The Kier molecular flexibility index (Phi) is 7.18. The molecule has 0 bridgehead atoms. The van der Waals surface area contributed by atoms with Gasteiger partial charge in [0.15, 0.2) is 5.96 Å². The molecule has 0 unspecified atom stereocenters. The Labute approximate surface area is 145 Å². The standard InChI is InChI=1S/C17H23F2N5O/c1-3-21-17(22-7-9-24-8-6-20-12-24)23-11-14-10-13(2)4-5-15(14)25-16(18)19/h4-6,8,10,12,16H,3,7,9,11H2,1-2H3,(H2,21,22,23). The Morgan fingerprint density at radius 1 is 1.36 bits per heavy atom. The van der Waals surface area contributed by atoms with E-state index >= 15 is 0 Å². The van der Waals surface area contributed by atoms with Crippen molar-refractivity contribution in [2.75, 3.05) is 13.1 Å². The smallest absolute Gasteiger partial charge is 0.387 e. The maximum atomic E-state index is 12.5. The molecule has 0 amide bonds. The maximum Gasteiger partial charge on any atom is 0.387 e. The quantitative estimate of drug-likeness (QED) is 0.567. The number of halogens is 2. The van der Waals surface area contributed by atoms with Gasteiger partial charge in [-0.15, -0.1) is 0 Å². The number of alkyl halides is 2. The van der Waals surface area contributed by atoms with Crippen LogP contribution in [0.5, 0.6) is 5.75 Å². The van der Waals surface area contributed by atoms with Crippen LogP contribution in [-0.2, 0) is 13.1 Å². The Morgan fingerprint density at radius 3 is 2.88 bits per heavy atom. The summed E-state index contributed by atoms with van der Waals surface area (Å²) in [5, 5.41) is 6.34. The molecule has 2 N–H and O–H groups in total. The van der Waals surface area contributed by atoms with Crippen LogP contribution >= 0.6 is 0 Å². The molecule has 0 saturated carbocycles. The van der Waals surface area contributed by atoms with Crippen LogP contribution in [0.25, 0.3) is 0 Å². The van der Waals surface area contributed by atoms with Crippen LogP contribution in [0.3, 0.4) is 0 Å². The number of benzene rings is 1. The lowest BCUT2D eigenvalue weighted by Crippen LogP contribution is -2.38. The van der Waals surface area contributed by atoms with Crippen LogP contribution in [0, 0.1) is 6.92 Å². The fourth-order valence-corrected chi connectivity index (χ4v) is 2.27. The largest absolute Gasteiger partial charge is 0.434 e. The lowest BCUT2D eigenvalue weighted by molar-refractivity contribution is -0.0504. The fraction of sp³-hybridized carbons (Fsp3) is 0.412. The van der Waals surface area contributed by atoms with E-state index < -0.39 is 6.61 Å². The number of ether oxygens (including phenoxy) is 1. The van der Waals surface area contributed by atoms with E-state index in [4.69, 9.17) is 0 Å². The predicted octanol–water partition coefficient (Wildman–Crippen LogP) is 2.55. The number of hydrogen-bond donors (Lipinski definition) is 2. The van der Waals surface area contributed by atoms with E-state index in [2.05, 4.69) is 25.3 Å². The molecule has 8 heteroatoms. The van der Waals surface area contributed by atoms with Gasteiger partial charge < -0.3 is 19.9 Å². The number of imidazole rings is 1. The summed E-state index contributed by atoms with van der Waals surface area (Å²) < 4.78 is 31.6. The van der Waals surface area contributed by atoms with Crippen molar-refractivity contribution in [1.82, 2.24) is 20.2 Å². The zero-order chi connectivity index (χ0) is 18.1. The molecule has 2 rings (SSSR count). The van der Waals surface area contributed by atoms with Crippen molar-refractivity contribution < 1.29 is 13.5 Å². The molecule has 0 saturated heterocycles. The zero-order valence-corrected chi connectivity index (χ0v) is 14.4. The van der Waals surface area contributed by atoms with Gasteiger partial charge in [-0.05, 0) is 19.9 Å². The molecule has 2 aromatic rings. The Hall–Kier alpha value is -2.64. The second-order valence-electron chi connectivity index (χ2n) is 5.41. The highest BCUT2D eigenvalue weighted by Gasteiger charge is 2.10. The molecule has 136 valence electrons. The van der Waals surface area contributed by atoms with Crippen molar-refractivity contribution in [2.45, 2.75) is 33.5 Å². The first-order valence-corrected chi connectivity index (χ1v) is 8.10. The summed E-state index contributed by atoms with van der Waals surface area (Å²) in [6.07, 6.45) is 5.35. The molecule has 1 aromatic carbocycles. The minimum atomic E-state index is -2.85. The van der Waals surface area contributed by atoms with Crippen LogP contribution in [-0.4, -0.2) is 35.2 Å². The summed E-state index contributed by atoms with van der Waals surface area (Å²) in [6, 6.07) is 5.08. The fourth-order valence-electron chi connectivity index (χ4n) is 2.27. The van der Waals surface area contributed by atoms with Gasteiger partial charge in [-0.3, -0.25) is 0 Å². The SMILES string of the molecule is CCNC(=NCc1cc(C)ccc1OC(F)F)NCCn1ccnc1. The highest BCUT2D eigenvalue weighted by molar-refractivity contribution is 5.79. The number of aromatic nitrogens is 2. The Bertz CT molecular complexity index is 674. The highest BCUT2D eigenvalue weighted by Crippen LogP contribution is 2.22. The monoisotopic (exact) mass is 351 g/mol. The van der Waals surface area contributed by atoms with Crippen LogP contribution in [0.15, 0.2) is 41.9 Å². The summed E-state index contributed by atoms with van der Waals surface area (Å²) in [6.45, 7) is 3.35. The van der Waals surface area contributed by atoms with Crippen LogP contribution in [0.2, 0.25) is 0 Å². The third-order valence-corrected chi connectivity index (χ3v) is 3.41. The van der Waals surface area contributed by atoms with Gasteiger partial charge in [0.25, 0.3) is 0 Å². The second-order valence-corrected chi connectivity index (χ2v) is 5.41. The molecule has 0 aliphatic carbocycles. The lowest BCUT2D eigenvalue weighted by atomic mass is 10.1. The van der Waals surface area contributed by atoms with E-state index in [1.54, 1.807) is 30.7 Å². The summed E-state index contributed by atoms with van der Waals surface area (Å²) in [5.41, 5.74) is 1.58. The van der Waals surface area contributed by atoms with Crippen LogP contribution in [0.1, 0.15) is 18.1 Å². The van der Waals surface area contributed by atoms with E-state index in [-0.39, 0.29) is 12.3 Å². The van der Waals surface area contributed by atoms with E-state index in [0.29, 0.717) is 24.6 Å². The van der Waals surface area contributed by atoms with Crippen LogP contribution < -0.4 is 15.4 Å². The number of rotatable bonds is 8. The van der Waals surface area contributed by atoms with Gasteiger partial charge in [-0.25, -0.2) is 9.98 Å². The van der Waals surface area contributed by atoms with Gasteiger partial charge in [0.1, 0.15) is 5.75 Å². The highest BCUT2D eigenvalue weighted by atomic mass is 19.3. The van der Waals surface area contributed by atoms with Gasteiger partial charge in [0, 0.05) is 37.6 Å². The lowest BCUT2D eigenvalue weighted by Gasteiger charge is -2.13. The topological polar surface area (TPSA) is 63.5 Å². The molecule has 0 atom stereocenters. The second kappa shape index (κ2) is 9.61. The first-order chi connectivity index (χ1) is 12.1. The first-order valence-electron chi connectivity index (χ1n) is 8.10. The van der Waals surface area contributed by atoms with E-state index in [9.17, 15) is 8.78 Å². The normalized spacial score (nSPS) is 11.6. The molecule has 0 fully saturated rings. The van der Waals surface area contributed by atoms with E-state index in [1.165, 1.54) is 0 Å². The molecule has 0 aliphatic heterocycles. The van der Waals surface area contributed by atoms with Crippen LogP contribution in [0.4, 0.5) is 8.78 Å². The number of nitrogens with zero attached hydrogens (tertiary/aromatic N) is 3. The molecule has 0 aliphatic rings. The number of nitrogens with one attached hydrogen (secondary N) is 2. The van der Waals surface area contributed by atoms with Crippen molar-refractivity contribution in [3.8, 4) is 5.75 Å². The summed E-state index contributed by atoms with van der Waals surface area (Å²) >= 11 is 0. The van der Waals surface area contributed by atoms with E-state index in [0.717, 1.165) is 12.1 Å². The summed E-state index contributed by atoms with van der Waals surface area (Å²) in [7, 11) is 0. The molecule has 25 heavy (non-hydrogen) atoms. The maximum absolute atomic E-state index is 12.5. The number of hydrogen-bond acceptors (Lipinski definition) is 3.